The van der Waals surface area contributed by atoms with Gasteiger partial charge in [-0.2, -0.15) is 0 Å². The third kappa shape index (κ3) is 3.05. The molecule has 0 fully saturated rings. The van der Waals surface area contributed by atoms with Crippen molar-refractivity contribution in [2.75, 3.05) is 5.32 Å². The number of benzene rings is 2. The standard InChI is InChI=1S/C18H18ClN3O3/c1-3-11(2)21-17(12-8-9-14(19)16(10-12)22(24)25)20-15-7-5-4-6-13(15)18(21)23/h4-11,17,20H,3H2,1-2H3/t11-,17-/m0/s1. The Hall–Kier alpha value is -2.60. The highest BCUT2D eigenvalue weighted by atomic mass is 35.5. The molecule has 0 bridgehead atoms. The monoisotopic (exact) mass is 359 g/mol. The molecule has 2 aromatic carbocycles. The van der Waals surface area contributed by atoms with Gasteiger partial charge in [-0.3, -0.25) is 14.9 Å². The fourth-order valence-electron chi connectivity index (χ4n) is 3.00. The van der Waals surface area contributed by atoms with Crippen molar-refractivity contribution >= 4 is 28.9 Å². The van der Waals surface area contributed by atoms with E-state index in [1.54, 1.807) is 17.0 Å². The molecule has 1 N–H and O–H groups in total. The van der Waals surface area contributed by atoms with Gasteiger partial charge in [-0.05, 0) is 31.5 Å². The predicted octanol–water partition coefficient (Wildman–Crippen LogP) is 4.61. The summed E-state index contributed by atoms with van der Waals surface area (Å²) in [5, 5.41) is 14.6. The van der Waals surface area contributed by atoms with Gasteiger partial charge in [0.1, 0.15) is 11.2 Å². The second-order valence-electron chi connectivity index (χ2n) is 6.03. The number of hydrogen-bond donors (Lipinski definition) is 1. The zero-order chi connectivity index (χ0) is 18.1. The van der Waals surface area contributed by atoms with Gasteiger partial charge < -0.3 is 10.2 Å². The highest BCUT2D eigenvalue weighted by molar-refractivity contribution is 6.32. The summed E-state index contributed by atoms with van der Waals surface area (Å²) in [5.74, 6) is -0.0914. The number of nitro groups is 1. The van der Waals surface area contributed by atoms with Crippen LogP contribution in [0.15, 0.2) is 42.5 Å². The number of hydrogen-bond acceptors (Lipinski definition) is 4. The first-order valence-electron chi connectivity index (χ1n) is 8.06. The number of nitrogens with one attached hydrogen (secondary N) is 1. The number of rotatable bonds is 4. The lowest BCUT2D eigenvalue weighted by atomic mass is 10.0. The van der Waals surface area contributed by atoms with Crippen LogP contribution in [-0.4, -0.2) is 21.8 Å². The molecule has 0 unspecified atom stereocenters. The highest BCUT2D eigenvalue weighted by Crippen LogP contribution is 2.37. The summed E-state index contributed by atoms with van der Waals surface area (Å²) in [5.41, 5.74) is 1.77. The number of halogens is 1. The van der Waals surface area contributed by atoms with Gasteiger partial charge in [0.2, 0.25) is 0 Å². The van der Waals surface area contributed by atoms with Gasteiger partial charge in [0.05, 0.1) is 10.5 Å². The quantitative estimate of drug-likeness (QED) is 0.638. The lowest BCUT2D eigenvalue weighted by molar-refractivity contribution is -0.384. The summed E-state index contributed by atoms with van der Waals surface area (Å²) in [4.78, 5) is 25.4. The van der Waals surface area contributed by atoms with Crippen LogP contribution in [0.25, 0.3) is 0 Å². The van der Waals surface area contributed by atoms with E-state index < -0.39 is 11.1 Å². The first kappa shape index (κ1) is 17.2. The van der Waals surface area contributed by atoms with E-state index in [2.05, 4.69) is 5.32 Å². The summed E-state index contributed by atoms with van der Waals surface area (Å²) in [6.45, 7) is 3.96. The molecule has 6 nitrogen and oxygen atoms in total. The third-order valence-electron chi connectivity index (χ3n) is 4.51. The third-order valence-corrected chi connectivity index (χ3v) is 4.83. The number of para-hydroxylation sites is 1. The molecule has 0 aliphatic carbocycles. The van der Waals surface area contributed by atoms with E-state index in [1.807, 2.05) is 32.0 Å². The van der Waals surface area contributed by atoms with Gasteiger partial charge in [-0.1, -0.05) is 36.7 Å². The Morgan fingerprint density at radius 3 is 2.72 bits per heavy atom. The second-order valence-corrected chi connectivity index (χ2v) is 6.44. The van der Waals surface area contributed by atoms with E-state index in [0.717, 1.165) is 12.1 Å². The fourth-order valence-corrected chi connectivity index (χ4v) is 3.19. The molecule has 0 spiro atoms. The van der Waals surface area contributed by atoms with Crippen LogP contribution in [0, 0.1) is 10.1 Å². The van der Waals surface area contributed by atoms with Crippen LogP contribution in [0.2, 0.25) is 5.02 Å². The molecule has 1 amide bonds. The molecule has 1 aliphatic heterocycles. The zero-order valence-corrected chi connectivity index (χ0v) is 14.7. The summed E-state index contributed by atoms with van der Waals surface area (Å²) in [7, 11) is 0. The minimum Gasteiger partial charge on any atom is -0.361 e. The Morgan fingerprint density at radius 1 is 1.32 bits per heavy atom. The highest BCUT2D eigenvalue weighted by Gasteiger charge is 2.36. The number of carbonyl (C=O) groups excluding carboxylic acids is 1. The van der Waals surface area contributed by atoms with Gasteiger partial charge in [-0.25, -0.2) is 0 Å². The molecule has 1 aliphatic rings. The van der Waals surface area contributed by atoms with Crippen molar-refractivity contribution in [3.8, 4) is 0 Å². The molecule has 130 valence electrons. The molecule has 3 rings (SSSR count). The summed E-state index contributed by atoms with van der Waals surface area (Å²) in [6.07, 6.45) is 0.273. The van der Waals surface area contributed by atoms with Crippen molar-refractivity contribution in [3.63, 3.8) is 0 Å². The molecule has 0 saturated heterocycles. The Labute approximate surface area is 150 Å². The number of anilines is 1. The molecule has 0 saturated carbocycles. The predicted molar refractivity (Wildman–Crippen MR) is 96.8 cm³/mol. The topological polar surface area (TPSA) is 75.5 Å². The van der Waals surface area contributed by atoms with E-state index in [1.165, 1.54) is 12.1 Å². The molecular weight excluding hydrogens is 342 g/mol. The van der Waals surface area contributed by atoms with Crippen molar-refractivity contribution in [3.05, 3.63) is 68.7 Å². The number of amides is 1. The number of nitrogens with zero attached hydrogens (tertiary/aromatic N) is 2. The van der Waals surface area contributed by atoms with Crippen LogP contribution in [0.1, 0.15) is 42.4 Å². The van der Waals surface area contributed by atoms with Gasteiger partial charge in [-0.15, -0.1) is 0 Å². The van der Waals surface area contributed by atoms with Crippen molar-refractivity contribution in [1.29, 1.82) is 0 Å². The van der Waals surface area contributed by atoms with Gasteiger partial charge >= 0.3 is 0 Å². The molecule has 7 heteroatoms. The Bertz CT molecular complexity index is 840. The first-order valence-corrected chi connectivity index (χ1v) is 8.44. The second kappa shape index (κ2) is 6.72. The summed E-state index contributed by atoms with van der Waals surface area (Å²) < 4.78 is 0. The van der Waals surface area contributed by atoms with Crippen molar-refractivity contribution < 1.29 is 9.72 Å². The molecule has 1 heterocycles. The normalized spacial score (nSPS) is 17.6. The lowest BCUT2D eigenvalue weighted by Crippen LogP contribution is -2.47. The molecule has 0 radical (unpaired) electrons. The number of fused-ring (bicyclic) bond motifs is 1. The van der Waals surface area contributed by atoms with Crippen molar-refractivity contribution in [2.45, 2.75) is 32.5 Å². The smallest absolute Gasteiger partial charge is 0.288 e. The number of carbonyl (C=O) groups is 1. The number of nitro benzene ring substituents is 1. The summed E-state index contributed by atoms with van der Waals surface area (Å²) in [6, 6.07) is 11.9. The first-order chi connectivity index (χ1) is 11.9. The van der Waals surface area contributed by atoms with E-state index >= 15 is 0 Å². The maximum atomic E-state index is 13.0. The summed E-state index contributed by atoms with van der Waals surface area (Å²) >= 11 is 5.92. The SMILES string of the molecule is CC[C@H](C)N1C(=O)c2ccccc2N[C@@H]1c1ccc(Cl)c([N+](=O)[O-])c1. The maximum Gasteiger partial charge on any atom is 0.288 e. The average molecular weight is 360 g/mol. The van der Waals surface area contributed by atoms with E-state index in [-0.39, 0.29) is 22.7 Å². The Kier molecular flexibility index (Phi) is 4.63. The maximum absolute atomic E-state index is 13.0. The minimum absolute atomic E-state index is 0.0342. The van der Waals surface area contributed by atoms with Crippen LogP contribution < -0.4 is 5.32 Å². The Balaban J connectivity index is 2.11. The zero-order valence-electron chi connectivity index (χ0n) is 13.9. The fraction of sp³-hybridized carbons (Fsp3) is 0.278. The van der Waals surface area contributed by atoms with Gasteiger partial charge in [0.25, 0.3) is 11.6 Å². The average Bonchev–Trinajstić information content (AvgIpc) is 2.61. The largest absolute Gasteiger partial charge is 0.361 e. The van der Waals surface area contributed by atoms with Crippen LogP contribution in [0.4, 0.5) is 11.4 Å². The molecular formula is C18H18ClN3O3. The van der Waals surface area contributed by atoms with Crippen LogP contribution in [-0.2, 0) is 0 Å². The van der Waals surface area contributed by atoms with Gasteiger partial charge in [0, 0.05) is 23.4 Å². The van der Waals surface area contributed by atoms with Crippen LogP contribution in [0.5, 0.6) is 0 Å². The molecule has 2 aromatic rings. The van der Waals surface area contributed by atoms with Crippen molar-refractivity contribution in [2.24, 2.45) is 0 Å². The van der Waals surface area contributed by atoms with Crippen LogP contribution in [0.3, 0.4) is 0 Å². The lowest BCUT2D eigenvalue weighted by Gasteiger charge is -2.41. The van der Waals surface area contributed by atoms with Gasteiger partial charge in [0.15, 0.2) is 0 Å². The van der Waals surface area contributed by atoms with E-state index in [4.69, 9.17) is 11.6 Å². The van der Waals surface area contributed by atoms with Crippen molar-refractivity contribution in [1.82, 2.24) is 4.90 Å². The van der Waals surface area contributed by atoms with E-state index in [9.17, 15) is 14.9 Å². The minimum atomic E-state index is -0.516. The molecule has 25 heavy (non-hydrogen) atoms. The van der Waals surface area contributed by atoms with Crippen LogP contribution >= 0.6 is 11.6 Å². The van der Waals surface area contributed by atoms with E-state index in [0.29, 0.717) is 11.1 Å². The molecule has 0 aromatic heterocycles. The Morgan fingerprint density at radius 2 is 2.04 bits per heavy atom. The molecule has 2 atom stereocenters.